The van der Waals surface area contributed by atoms with Gasteiger partial charge in [-0.05, 0) is 24.3 Å². The SMILES string of the molecule is COc1cc([N+](=O)[O-])cc2cc(C(=O)N/N=C\c3cn(Cc4ccc(C(=O)O)o4)c4ccccc34)oc12. The van der Waals surface area contributed by atoms with Crippen LogP contribution < -0.4 is 10.2 Å². The summed E-state index contributed by atoms with van der Waals surface area (Å²) in [5.41, 5.74) is 3.95. The number of aromatic nitrogens is 1. The van der Waals surface area contributed by atoms with E-state index in [-0.39, 0.29) is 28.5 Å². The smallest absolute Gasteiger partial charge is 0.371 e. The first-order valence-corrected chi connectivity index (χ1v) is 10.8. The molecule has 0 atom stereocenters. The number of aromatic carboxylic acids is 1. The van der Waals surface area contributed by atoms with E-state index >= 15 is 0 Å². The summed E-state index contributed by atoms with van der Waals surface area (Å²) < 4.78 is 17.9. The zero-order chi connectivity index (χ0) is 26.1. The van der Waals surface area contributed by atoms with Gasteiger partial charge in [-0.1, -0.05) is 18.2 Å². The minimum atomic E-state index is -1.15. The predicted molar refractivity (Wildman–Crippen MR) is 131 cm³/mol. The highest BCUT2D eigenvalue weighted by atomic mass is 16.6. The van der Waals surface area contributed by atoms with Crippen molar-refractivity contribution in [3.63, 3.8) is 0 Å². The van der Waals surface area contributed by atoms with Crippen LogP contribution >= 0.6 is 0 Å². The highest BCUT2D eigenvalue weighted by Crippen LogP contribution is 2.33. The standard InChI is InChI=1S/C25H18N4O8/c1-35-21-10-16(29(33)34)8-14-9-22(37-23(14)21)24(30)27-26-11-15-12-28(19-5-3-2-4-18(15)19)13-17-6-7-20(36-17)25(31)32/h2-12H,13H2,1H3,(H,27,30)(H,31,32)/b26-11-. The van der Waals surface area contributed by atoms with E-state index < -0.39 is 16.8 Å². The number of non-ortho nitro benzene ring substituents is 1. The zero-order valence-corrected chi connectivity index (χ0v) is 19.2. The van der Waals surface area contributed by atoms with E-state index in [4.69, 9.17) is 18.7 Å². The second-order valence-electron chi connectivity index (χ2n) is 7.93. The number of nitrogens with zero attached hydrogens (tertiary/aromatic N) is 3. The van der Waals surface area contributed by atoms with Crippen molar-refractivity contribution in [1.29, 1.82) is 0 Å². The van der Waals surface area contributed by atoms with E-state index in [0.717, 1.165) is 10.9 Å². The number of benzene rings is 2. The third-order valence-corrected chi connectivity index (χ3v) is 5.61. The van der Waals surface area contributed by atoms with Crippen molar-refractivity contribution in [2.24, 2.45) is 5.10 Å². The van der Waals surface area contributed by atoms with E-state index in [1.807, 2.05) is 28.8 Å². The van der Waals surface area contributed by atoms with Crippen LogP contribution in [0.1, 0.15) is 32.4 Å². The van der Waals surface area contributed by atoms with Gasteiger partial charge in [0.25, 0.3) is 5.69 Å². The van der Waals surface area contributed by atoms with Crippen molar-refractivity contribution in [3.05, 3.63) is 93.8 Å². The Balaban J connectivity index is 1.37. The summed E-state index contributed by atoms with van der Waals surface area (Å²) in [6, 6.07) is 14.4. The summed E-state index contributed by atoms with van der Waals surface area (Å²) in [5.74, 6) is -1.44. The number of nitro benzene ring substituents is 1. The number of hydrazone groups is 1. The molecule has 0 unspecified atom stereocenters. The molecule has 5 aromatic rings. The Kier molecular flexibility index (Phi) is 5.89. The fourth-order valence-electron chi connectivity index (χ4n) is 3.94. The Morgan fingerprint density at radius 2 is 1.97 bits per heavy atom. The van der Waals surface area contributed by atoms with Crippen LogP contribution in [0.25, 0.3) is 21.9 Å². The van der Waals surface area contributed by atoms with Crippen molar-refractivity contribution in [3.8, 4) is 5.75 Å². The Labute approximate surface area is 207 Å². The lowest BCUT2D eigenvalue weighted by Crippen LogP contribution is -2.16. The van der Waals surface area contributed by atoms with Gasteiger partial charge in [0.2, 0.25) is 5.76 Å². The van der Waals surface area contributed by atoms with Crippen LogP contribution in [0.15, 0.2) is 74.7 Å². The second kappa shape index (κ2) is 9.34. The highest BCUT2D eigenvalue weighted by Gasteiger charge is 2.19. The number of carboxylic acid groups (broad SMARTS) is 1. The Morgan fingerprint density at radius 1 is 1.16 bits per heavy atom. The number of methoxy groups -OCH3 is 1. The molecule has 0 fully saturated rings. The first-order valence-electron chi connectivity index (χ1n) is 10.8. The molecular weight excluding hydrogens is 484 g/mol. The number of ether oxygens (including phenoxy) is 1. The van der Waals surface area contributed by atoms with Crippen molar-refractivity contribution in [2.75, 3.05) is 7.11 Å². The molecular formula is C25H18N4O8. The Morgan fingerprint density at radius 3 is 2.70 bits per heavy atom. The van der Waals surface area contributed by atoms with Crippen LogP contribution in [-0.4, -0.2) is 39.8 Å². The van der Waals surface area contributed by atoms with Crippen LogP contribution in [0.2, 0.25) is 0 Å². The molecule has 0 bridgehead atoms. The zero-order valence-electron chi connectivity index (χ0n) is 19.2. The summed E-state index contributed by atoms with van der Waals surface area (Å²) in [5, 5.41) is 25.4. The summed E-state index contributed by atoms with van der Waals surface area (Å²) in [7, 11) is 1.35. The summed E-state index contributed by atoms with van der Waals surface area (Å²) in [6.07, 6.45) is 3.27. The average molecular weight is 502 g/mol. The van der Waals surface area contributed by atoms with Gasteiger partial charge in [0.15, 0.2) is 17.1 Å². The van der Waals surface area contributed by atoms with E-state index in [2.05, 4.69) is 10.5 Å². The molecule has 186 valence electrons. The number of carboxylic acids is 1. The van der Waals surface area contributed by atoms with Gasteiger partial charge in [-0.15, -0.1) is 0 Å². The van der Waals surface area contributed by atoms with Crippen LogP contribution in [0.5, 0.6) is 5.75 Å². The summed E-state index contributed by atoms with van der Waals surface area (Å²) in [4.78, 5) is 34.3. The molecule has 0 spiro atoms. The number of furan rings is 2. The van der Waals surface area contributed by atoms with E-state index in [0.29, 0.717) is 23.3 Å². The molecule has 2 aromatic carbocycles. The van der Waals surface area contributed by atoms with Gasteiger partial charge in [0.1, 0.15) is 5.76 Å². The van der Waals surface area contributed by atoms with Crippen LogP contribution in [-0.2, 0) is 6.54 Å². The summed E-state index contributed by atoms with van der Waals surface area (Å²) in [6.45, 7) is 0.293. The van der Waals surface area contributed by atoms with Crippen LogP contribution in [0.4, 0.5) is 5.69 Å². The van der Waals surface area contributed by atoms with E-state index in [9.17, 15) is 19.7 Å². The predicted octanol–water partition coefficient (Wildman–Crippen LogP) is 4.41. The van der Waals surface area contributed by atoms with Crippen molar-refractivity contribution in [2.45, 2.75) is 6.54 Å². The molecule has 0 aliphatic carbocycles. The highest BCUT2D eigenvalue weighted by molar-refractivity contribution is 6.01. The van der Waals surface area contributed by atoms with E-state index in [1.165, 1.54) is 37.6 Å². The van der Waals surface area contributed by atoms with Gasteiger partial charge in [-0.2, -0.15) is 5.10 Å². The van der Waals surface area contributed by atoms with Gasteiger partial charge in [-0.3, -0.25) is 14.9 Å². The second-order valence-corrected chi connectivity index (χ2v) is 7.93. The minimum absolute atomic E-state index is 0.0968. The van der Waals surface area contributed by atoms with Gasteiger partial charge < -0.3 is 23.2 Å². The fraction of sp³-hybridized carbons (Fsp3) is 0.0800. The number of fused-ring (bicyclic) bond motifs is 2. The number of para-hydroxylation sites is 1. The topological polar surface area (TPSA) is 162 Å². The molecule has 0 aliphatic rings. The average Bonchev–Trinajstić information content (AvgIpc) is 3.61. The number of carbonyl (C=O) groups is 2. The van der Waals surface area contributed by atoms with Crippen LogP contribution in [0, 0.1) is 10.1 Å². The third kappa shape index (κ3) is 4.50. The third-order valence-electron chi connectivity index (χ3n) is 5.61. The maximum absolute atomic E-state index is 12.6. The monoisotopic (exact) mass is 502 g/mol. The first-order chi connectivity index (χ1) is 17.8. The van der Waals surface area contributed by atoms with Gasteiger partial charge in [0, 0.05) is 34.1 Å². The fourth-order valence-corrected chi connectivity index (χ4v) is 3.94. The number of amides is 1. The van der Waals surface area contributed by atoms with Gasteiger partial charge in [-0.25, -0.2) is 10.2 Å². The van der Waals surface area contributed by atoms with Crippen molar-refractivity contribution in [1.82, 2.24) is 9.99 Å². The molecule has 5 rings (SSSR count). The molecule has 0 saturated carbocycles. The maximum Gasteiger partial charge on any atom is 0.371 e. The number of nitrogens with one attached hydrogen (secondary N) is 1. The number of nitro groups is 1. The largest absolute Gasteiger partial charge is 0.493 e. The molecule has 0 radical (unpaired) electrons. The van der Waals surface area contributed by atoms with Crippen LogP contribution in [0.3, 0.4) is 0 Å². The number of hydrogen-bond donors (Lipinski definition) is 2. The van der Waals surface area contributed by atoms with Gasteiger partial charge >= 0.3 is 11.9 Å². The lowest BCUT2D eigenvalue weighted by Gasteiger charge is -2.02. The summed E-state index contributed by atoms with van der Waals surface area (Å²) >= 11 is 0. The lowest BCUT2D eigenvalue weighted by molar-refractivity contribution is -0.384. The number of rotatable bonds is 8. The quantitative estimate of drug-likeness (QED) is 0.179. The molecule has 0 aliphatic heterocycles. The minimum Gasteiger partial charge on any atom is -0.493 e. The molecule has 12 heteroatoms. The Hall–Kier alpha value is -5.39. The molecule has 37 heavy (non-hydrogen) atoms. The molecule has 3 aromatic heterocycles. The number of hydrogen-bond acceptors (Lipinski definition) is 8. The Bertz CT molecular complexity index is 1710. The molecule has 3 heterocycles. The molecule has 0 saturated heterocycles. The molecule has 2 N–H and O–H groups in total. The van der Waals surface area contributed by atoms with Gasteiger partial charge in [0.05, 0.1) is 30.9 Å². The maximum atomic E-state index is 12.6. The normalized spacial score (nSPS) is 11.4. The van der Waals surface area contributed by atoms with E-state index in [1.54, 1.807) is 12.3 Å². The lowest BCUT2D eigenvalue weighted by atomic mass is 10.2. The van der Waals surface area contributed by atoms with Crippen molar-refractivity contribution >= 4 is 45.7 Å². The number of carbonyl (C=O) groups excluding carboxylic acids is 1. The molecule has 12 nitrogen and oxygen atoms in total. The van der Waals surface area contributed by atoms with Crippen molar-refractivity contribution < 1.29 is 33.2 Å². The first kappa shape index (κ1) is 23.4. The molecule has 1 amide bonds.